The lowest BCUT2D eigenvalue weighted by Crippen LogP contribution is -2.24. The van der Waals surface area contributed by atoms with E-state index in [1.807, 2.05) is 48.7 Å². The molecule has 0 unspecified atom stereocenters. The first-order valence-corrected chi connectivity index (χ1v) is 12.6. The summed E-state index contributed by atoms with van der Waals surface area (Å²) in [5.41, 5.74) is 4.71. The Balaban J connectivity index is 1.44. The van der Waals surface area contributed by atoms with Gasteiger partial charge < -0.3 is 19.1 Å². The number of rotatable bonds is 11. The van der Waals surface area contributed by atoms with Crippen LogP contribution in [0.2, 0.25) is 0 Å². The van der Waals surface area contributed by atoms with Crippen molar-refractivity contribution in [3.05, 3.63) is 101 Å². The number of carbonyl (C=O) groups is 1. The second-order valence-corrected chi connectivity index (χ2v) is 9.28. The van der Waals surface area contributed by atoms with Crippen LogP contribution < -0.4 is 9.47 Å². The van der Waals surface area contributed by atoms with Crippen LogP contribution in [-0.2, 0) is 26.2 Å². The minimum absolute atomic E-state index is 0.247. The van der Waals surface area contributed by atoms with Crippen LogP contribution >= 0.6 is 0 Å². The molecule has 1 aromatic heterocycles. The van der Waals surface area contributed by atoms with Gasteiger partial charge in [-0.2, -0.15) is 0 Å². The van der Waals surface area contributed by atoms with Crippen molar-refractivity contribution in [2.45, 2.75) is 45.9 Å². The van der Waals surface area contributed by atoms with E-state index >= 15 is 0 Å². The number of imidazole rings is 1. The molecule has 7 nitrogen and oxygen atoms in total. The van der Waals surface area contributed by atoms with Gasteiger partial charge in [0.2, 0.25) is 6.79 Å². The standard InChI is InChI=1S/C30H31N3O4/c1-2-3-15-33-26(17-31-29(33)24-7-5-4-6-8-24)20-32(18-22-9-12-25(13-10-22)30(34)35)19-23-11-14-27-28(16-23)37-21-36-27/h4-14,16-17H,2-3,15,18-21H2,1H3,(H,34,35). The van der Waals surface area contributed by atoms with E-state index in [4.69, 9.17) is 14.5 Å². The lowest BCUT2D eigenvalue weighted by molar-refractivity contribution is 0.0697. The molecule has 0 bridgehead atoms. The number of ether oxygens (including phenoxy) is 2. The Morgan fingerprint density at radius 2 is 1.68 bits per heavy atom. The quantitative estimate of drug-likeness (QED) is 0.275. The highest BCUT2D eigenvalue weighted by Gasteiger charge is 2.18. The number of hydrogen-bond acceptors (Lipinski definition) is 5. The second kappa shape index (κ2) is 11.3. The largest absolute Gasteiger partial charge is 0.478 e. The summed E-state index contributed by atoms with van der Waals surface area (Å²) in [6.45, 7) is 5.40. The number of carboxylic acids is 1. The number of hydrogen-bond donors (Lipinski definition) is 1. The SMILES string of the molecule is CCCCn1c(CN(Cc2ccc(C(=O)O)cc2)Cc2ccc3c(c2)OCO3)cnc1-c1ccccc1. The minimum Gasteiger partial charge on any atom is -0.478 e. The molecule has 1 aliphatic rings. The van der Waals surface area contributed by atoms with Gasteiger partial charge in [0.15, 0.2) is 11.5 Å². The molecule has 190 valence electrons. The van der Waals surface area contributed by atoms with Crippen molar-refractivity contribution >= 4 is 5.97 Å². The highest BCUT2D eigenvalue weighted by molar-refractivity contribution is 5.87. The summed E-state index contributed by atoms with van der Waals surface area (Å²) in [5.74, 6) is 1.60. The van der Waals surface area contributed by atoms with Crippen LogP contribution in [0, 0.1) is 0 Å². The average Bonchev–Trinajstić information content (AvgIpc) is 3.55. The van der Waals surface area contributed by atoms with Gasteiger partial charge in [-0.25, -0.2) is 9.78 Å². The van der Waals surface area contributed by atoms with Crippen molar-refractivity contribution in [1.29, 1.82) is 0 Å². The number of aromatic carboxylic acids is 1. The monoisotopic (exact) mass is 497 g/mol. The molecule has 0 fully saturated rings. The van der Waals surface area contributed by atoms with Crippen LogP contribution in [0.15, 0.2) is 79.0 Å². The molecule has 1 aliphatic heterocycles. The van der Waals surface area contributed by atoms with E-state index in [1.54, 1.807) is 12.1 Å². The Morgan fingerprint density at radius 3 is 2.43 bits per heavy atom. The fourth-order valence-electron chi connectivity index (χ4n) is 4.63. The number of benzene rings is 3. The fourth-order valence-corrected chi connectivity index (χ4v) is 4.63. The number of nitrogens with zero attached hydrogens (tertiary/aromatic N) is 3. The average molecular weight is 498 g/mol. The molecular formula is C30H31N3O4. The Hall–Kier alpha value is -4.10. The molecular weight excluding hydrogens is 466 g/mol. The zero-order chi connectivity index (χ0) is 25.6. The normalized spacial score (nSPS) is 12.3. The Morgan fingerprint density at radius 1 is 0.946 bits per heavy atom. The predicted octanol–water partition coefficient (Wildman–Crippen LogP) is 5.98. The molecule has 0 spiro atoms. The molecule has 2 heterocycles. The van der Waals surface area contributed by atoms with Gasteiger partial charge >= 0.3 is 5.97 Å². The highest BCUT2D eigenvalue weighted by Crippen LogP contribution is 2.33. The molecule has 0 saturated heterocycles. The van der Waals surface area contributed by atoms with Gasteiger partial charge in [-0.05, 0) is 41.8 Å². The van der Waals surface area contributed by atoms with Gasteiger partial charge in [-0.1, -0.05) is 61.9 Å². The van der Waals surface area contributed by atoms with Gasteiger partial charge in [0.05, 0.1) is 17.5 Å². The van der Waals surface area contributed by atoms with Gasteiger partial charge in [0, 0.05) is 31.7 Å². The minimum atomic E-state index is -0.919. The number of carboxylic acid groups (broad SMARTS) is 1. The lowest BCUT2D eigenvalue weighted by Gasteiger charge is -2.24. The first-order chi connectivity index (χ1) is 18.1. The molecule has 0 atom stereocenters. The van der Waals surface area contributed by atoms with E-state index in [2.05, 4.69) is 34.6 Å². The molecule has 0 radical (unpaired) electrons. The molecule has 0 amide bonds. The van der Waals surface area contributed by atoms with Crippen LogP contribution in [-0.4, -0.2) is 32.3 Å². The van der Waals surface area contributed by atoms with Crippen LogP contribution in [0.4, 0.5) is 0 Å². The van der Waals surface area contributed by atoms with E-state index in [0.717, 1.165) is 59.1 Å². The van der Waals surface area contributed by atoms with Crippen molar-refractivity contribution in [1.82, 2.24) is 14.5 Å². The summed E-state index contributed by atoms with van der Waals surface area (Å²) in [6, 6.07) is 23.5. The number of aromatic nitrogens is 2. The molecule has 0 saturated carbocycles. The van der Waals surface area contributed by atoms with Crippen molar-refractivity contribution in [2.75, 3.05) is 6.79 Å². The Bertz CT molecular complexity index is 1350. The van der Waals surface area contributed by atoms with Crippen LogP contribution in [0.1, 0.15) is 46.9 Å². The summed E-state index contributed by atoms with van der Waals surface area (Å²) < 4.78 is 13.4. The van der Waals surface area contributed by atoms with Crippen molar-refractivity contribution in [3.63, 3.8) is 0 Å². The molecule has 3 aromatic carbocycles. The van der Waals surface area contributed by atoms with Crippen LogP contribution in [0.5, 0.6) is 11.5 Å². The smallest absolute Gasteiger partial charge is 0.335 e. The first-order valence-electron chi connectivity index (χ1n) is 12.6. The van der Waals surface area contributed by atoms with Gasteiger partial charge in [0.25, 0.3) is 0 Å². The summed E-state index contributed by atoms with van der Waals surface area (Å²) in [4.78, 5) is 18.5. The topological polar surface area (TPSA) is 76.8 Å². The van der Waals surface area contributed by atoms with E-state index in [9.17, 15) is 9.90 Å². The summed E-state index contributed by atoms with van der Waals surface area (Å²) in [5, 5.41) is 9.28. The Labute approximate surface area is 216 Å². The summed E-state index contributed by atoms with van der Waals surface area (Å²) >= 11 is 0. The molecule has 1 N–H and O–H groups in total. The lowest BCUT2D eigenvalue weighted by atomic mass is 10.1. The number of fused-ring (bicyclic) bond motifs is 1. The summed E-state index contributed by atoms with van der Waals surface area (Å²) in [6.07, 6.45) is 4.16. The zero-order valence-corrected chi connectivity index (χ0v) is 21.0. The predicted molar refractivity (Wildman–Crippen MR) is 141 cm³/mol. The highest BCUT2D eigenvalue weighted by atomic mass is 16.7. The summed E-state index contributed by atoms with van der Waals surface area (Å²) in [7, 11) is 0. The molecule has 4 aromatic rings. The van der Waals surface area contributed by atoms with Crippen LogP contribution in [0.3, 0.4) is 0 Å². The third-order valence-corrected chi connectivity index (χ3v) is 6.54. The van der Waals surface area contributed by atoms with Gasteiger partial charge in [-0.15, -0.1) is 0 Å². The second-order valence-electron chi connectivity index (χ2n) is 9.28. The number of unbranched alkanes of at least 4 members (excludes halogenated alkanes) is 1. The maximum atomic E-state index is 11.3. The van der Waals surface area contributed by atoms with Gasteiger partial charge in [-0.3, -0.25) is 4.90 Å². The van der Waals surface area contributed by atoms with E-state index in [-0.39, 0.29) is 12.4 Å². The van der Waals surface area contributed by atoms with Crippen molar-refractivity contribution < 1.29 is 19.4 Å². The van der Waals surface area contributed by atoms with E-state index < -0.39 is 5.97 Å². The molecule has 5 rings (SSSR count). The molecule has 37 heavy (non-hydrogen) atoms. The Kier molecular flexibility index (Phi) is 7.51. The molecule has 7 heteroatoms. The first kappa shape index (κ1) is 24.6. The van der Waals surface area contributed by atoms with Crippen LogP contribution in [0.25, 0.3) is 11.4 Å². The third kappa shape index (κ3) is 5.84. The van der Waals surface area contributed by atoms with Crippen molar-refractivity contribution in [3.8, 4) is 22.9 Å². The van der Waals surface area contributed by atoms with Gasteiger partial charge in [0.1, 0.15) is 5.82 Å². The maximum Gasteiger partial charge on any atom is 0.335 e. The maximum absolute atomic E-state index is 11.3. The third-order valence-electron chi connectivity index (χ3n) is 6.54. The molecule has 0 aliphatic carbocycles. The van der Waals surface area contributed by atoms with Crippen molar-refractivity contribution in [2.24, 2.45) is 0 Å². The van der Waals surface area contributed by atoms with E-state index in [1.165, 1.54) is 0 Å². The van der Waals surface area contributed by atoms with E-state index in [0.29, 0.717) is 19.6 Å². The zero-order valence-electron chi connectivity index (χ0n) is 21.0. The fraction of sp³-hybridized carbons (Fsp3) is 0.267.